The van der Waals surface area contributed by atoms with Crippen molar-refractivity contribution in [3.8, 4) is 0 Å². The number of rotatable bonds is 6. The van der Waals surface area contributed by atoms with E-state index in [-0.39, 0.29) is 0 Å². The summed E-state index contributed by atoms with van der Waals surface area (Å²) < 4.78 is 2.31. The molecule has 1 aromatic rings. The Balaban J connectivity index is 1.80. The number of nitrogens with one attached hydrogen (secondary N) is 1. The van der Waals surface area contributed by atoms with Gasteiger partial charge in [0.25, 0.3) is 0 Å². The SMILES string of the molecule is CCNCCCn1cncc1C1CC1. The van der Waals surface area contributed by atoms with Crippen molar-refractivity contribution in [1.29, 1.82) is 0 Å². The van der Waals surface area contributed by atoms with Gasteiger partial charge < -0.3 is 9.88 Å². The molecule has 3 heteroatoms. The first-order valence-electron chi connectivity index (χ1n) is 5.62. The summed E-state index contributed by atoms with van der Waals surface area (Å²) in [7, 11) is 0. The van der Waals surface area contributed by atoms with Gasteiger partial charge in [-0.05, 0) is 32.4 Å². The smallest absolute Gasteiger partial charge is 0.0948 e. The number of aryl methyl sites for hydroxylation is 1. The fraction of sp³-hybridized carbons (Fsp3) is 0.727. The van der Waals surface area contributed by atoms with Crippen LogP contribution in [0.5, 0.6) is 0 Å². The molecule has 0 radical (unpaired) electrons. The molecule has 1 aliphatic rings. The minimum absolute atomic E-state index is 0.816. The van der Waals surface area contributed by atoms with Crippen LogP contribution in [0.15, 0.2) is 12.5 Å². The lowest BCUT2D eigenvalue weighted by Gasteiger charge is -2.07. The Morgan fingerprint density at radius 1 is 1.57 bits per heavy atom. The molecule has 0 atom stereocenters. The summed E-state index contributed by atoms with van der Waals surface area (Å²) in [6.45, 7) is 5.43. The lowest BCUT2D eigenvalue weighted by molar-refractivity contribution is 0.578. The molecule has 0 aliphatic heterocycles. The van der Waals surface area contributed by atoms with Gasteiger partial charge in [-0.1, -0.05) is 6.92 Å². The predicted molar refractivity (Wildman–Crippen MR) is 57.4 cm³/mol. The second kappa shape index (κ2) is 4.60. The summed E-state index contributed by atoms with van der Waals surface area (Å²) >= 11 is 0. The van der Waals surface area contributed by atoms with E-state index in [9.17, 15) is 0 Å². The van der Waals surface area contributed by atoms with Gasteiger partial charge in [0, 0.05) is 24.4 Å². The van der Waals surface area contributed by atoms with Crippen LogP contribution in [0.4, 0.5) is 0 Å². The third kappa shape index (κ3) is 2.35. The summed E-state index contributed by atoms with van der Waals surface area (Å²) in [5.41, 5.74) is 1.45. The van der Waals surface area contributed by atoms with E-state index in [1.54, 1.807) is 0 Å². The van der Waals surface area contributed by atoms with Gasteiger partial charge in [0.2, 0.25) is 0 Å². The van der Waals surface area contributed by atoms with E-state index in [2.05, 4.69) is 21.8 Å². The van der Waals surface area contributed by atoms with Crippen LogP contribution in [0.3, 0.4) is 0 Å². The van der Waals surface area contributed by atoms with Crippen LogP contribution in [-0.4, -0.2) is 22.6 Å². The Bertz CT molecular complexity index is 276. The third-order valence-electron chi connectivity index (χ3n) is 2.74. The number of hydrogen-bond acceptors (Lipinski definition) is 2. The molecule has 3 nitrogen and oxygen atoms in total. The van der Waals surface area contributed by atoms with Crippen molar-refractivity contribution in [2.24, 2.45) is 0 Å². The standard InChI is InChI=1S/C11H19N3/c1-2-12-6-3-7-14-9-13-8-11(14)10-4-5-10/h8-10,12H,2-7H2,1H3. The molecule has 78 valence electrons. The van der Waals surface area contributed by atoms with Crippen LogP contribution >= 0.6 is 0 Å². The second-order valence-electron chi connectivity index (χ2n) is 3.99. The normalized spacial score (nSPS) is 16.1. The van der Waals surface area contributed by atoms with Crippen LogP contribution in [-0.2, 0) is 6.54 Å². The van der Waals surface area contributed by atoms with Gasteiger partial charge in [-0.25, -0.2) is 4.98 Å². The van der Waals surface area contributed by atoms with Crippen molar-refractivity contribution < 1.29 is 0 Å². The molecule has 0 saturated heterocycles. The summed E-state index contributed by atoms with van der Waals surface area (Å²) in [5, 5.41) is 3.34. The molecule has 0 amide bonds. The van der Waals surface area contributed by atoms with Crippen molar-refractivity contribution in [3.63, 3.8) is 0 Å². The zero-order valence-electron chi connectivity index (χ0n) is 8.87. The van der Waals surface area contributed by atoms with Crippen molar-refractivity contribution in [2.75, 3.05) is 13.1 Å². The Kier molecular flexibility index (Phi) is 3.19. The zero-order valence-corrected chi connectivity index (χ0v) is 8.87. The number of nitrogens with zero attached hydrogens (tertiary/aromatic N) is 2. The first kappa shape index (κ1) is 9.71. The highest BCUT2D eigenvalue weighted by atomic mass is 15.1. The van der Waals surface area contributed by atoms with Crippen molar-refractivity contribution >= 4 is 0 Å². The molecule has 1 fully saturated rings. The Morgan fingerprint density at radius 3 is 3.14 bits per heavy atom. The first-order chi connectivity index (χ1) is 6.92. The molecule has 1 saturated carbocycles. The average molecular weight is 193 g/mol. The maximum atomic E-state index is 4.22. The number of imidazole rings is 1. The summed E-state index contributed by atoms with van der Waals surface area (Å²) in [5.74, 6) is 0.816. The topological polar surface area (TPSA) is 29.9 Å². The van der Waals surface area contributed by atoms with Gasteiger partial charge in [-0.2, -0.15) is 0 Å². The second-order valence-corrected chi connectivity index (χ2v) is 3.99. The van der Waals surface area contributed by atoms with Crippen molar-refractivity contribution in [2.45, 2.75) is 38.6 Å². The molecule has 14 heavy (non-hydrogen) atoms. The van der Waals surface area contributed by atoms with E-state index in [0.29, 0.717) is 0 Å². The van der Waals surface area contributed by atoms with Crippen LogP contribution in [0.25, 0.3) is 0 Å². The molecule has 1 heterocycles. The molecule has 2 rings (SSSR count). The Morgan fingerprint density at radius 2 is 2.43 bits per heavy atom. The highest BCUT2D eigenvalue weighted by molar-refractivity contribution is 5.12. The van der Waals surface area contributed by atoms with E-state index in [1.165, 1.54) is 25.0 Å². The molecule has 1 N–H and O–H groups in total. The van der Waals surface area contributed by atoms with Crippen molar-refractivity contribution in [3.05, 3.63) is 18.2 Å². The Hall–Kier alpha value is -0.830. The molecular weight excluding hydrogens is 174 g/mol. The van der Waals surface area contributed by atoms with Gasteiger partial charge >= 0.3 is 0 Å². The van der Waals surface area contributed by atoms with E-state index in [4.69, 9.17) is 0 Å². The minimum Gasteiger partial charge on any atom is -0.334 e. The minimum atomic E-state index is 0.816. The quantitative estimate of drug-likeness (QED) is 0.698. The summed E-state index contributed by atoms with van der Waals surface area (Å²) in [4.78, 5) is 4.22. The number of hydrogen-bond donors (Lipinski definition) is 1. The van der Waals surface area contributed by atoms with Crippen molar-refractivity contribution in [1.82, 2.24) is 14.9 Å². The van der Waals surface area contributed by atoms with Gasteiger partial charge in [-0.3, -0.25) is 0 Å². The van der Waals surface area contributed by atoms with Crippen LogP contribution in [0.1, 0.15) is 37.8 Å². The molecule has 0 spiro atoms. The predicted octanol–water partition coefficient (Wildman–Crippen LogP) is 1.76. The first-order valence-corrected chi connectivity index (χ1v) is 5.62. The maximum absolute atomic E-state index is 4.22. The fourth-order valence-electron chi connectivity index (χ4n) is 1.79. The lowest BCUT2D eigenvalue weighted by atomic mass is 10.3. The number of aromatic nitrogens is 2. The summed E-state index contributed by atoms with van der Waals surface area (Å²) in [6, 6.07) is 0. The zero-order chi connectivity index (χ0) is 9.80. The molecule has 0 bridgehead atoms. The average Bonchev–Trinajstić information content (AvgIpc) is 2.94. The highest BCUT2D eigenvalue weighted by Gasteiger charge is 2.26. The van der Waals surface area contributed by atoms with Crippen LogP contribution < -0.4 is 5.32 Å². The maximum Gasteiger partial charge on any atom is 0.0948 e. The van der Waals surface area contributed by atoms with E-state index in [1.807, 2.05) is 12.5 Å². The largest absolute Gasteiger partial charge is 0.334 e. The fourth-order valence-corrected chi connectivity index (χ4v) is 1.79. The third-order valence-corrected chi connectivity index (χ3v) is 2.74. The summed E-state index contributed by atoms with van der Waals surface area (Å²) in [6.07, 6.45) is 7.92. The van der Waals surface area contributed by atoms with E-state index < -0.39 is 0 Å². The van der Waals surface area contributed by atoms with Gasteiger partial charge in [-0.15, -0.1) is 0 Å². The molecule has 1 aromatic heterocycles. The Labute approximate surface area is 85.5 Å². The lowest BCUT2D eigenvalue weighted by Crippen LogP contribution is -2.16. The molecule has 0 aromatic carbocycles. The van der Waals surface area contributed by atoms with Gasteiger partial charge in [0.15, 0.2) is 0 Å². The van der Waals surface area contributed by atoms with Crippen LogP contribution in [0.2, 0.25) is 0 Å². The van der Waals surface area contributed by atoms with Crippen LogP contribution in [0, 0.1) is 0 Å². The molecule has 1 aliphatic carbocycles. The van der Waals surface area contributed by atoms with Gasteiger partial charge in [0.1, 0.15) is 0 Å². The molecule has 0 unspecified atom stereocenters. The highest BCUT2D eigenvalue weighted by Crippen LogP contribution is 2.39. The van der Waals surface area contributed by atoms with Gasteiger partial charge in [0.05, 0.1) is 6.33 Å². The monoisotopic (exact) mass is 193 g/mol. The molecular formula is C11H19N3. The van der Waals surface area contributed by atoms with E-state index in [0.717, 1.165) is 25.6 Å². The van der Waals surface area contributed by atoms with E-state index >= 15 is 0 Å².